The Kier molecular flexibility index (Phi) is 5.96. The van der Waals surface area contributed by atoms with Crippen LogP contribution in [0.4, 0.5) is 5.69 Å². The Morgan fingerprint density at radius 1 is 0.909 bits per heavy atom. The summed E-state index contributed by atoms with van der Waals surface area (Å²) in [6.45, 7) is -0.319. The number of Topliss-reactive ketones (excluding diaryl/α,β-unsaturated/α-hetero) is 1. The van der Waals surface area contributed by atoms with E-state index in [1.807, 2.05) is 24.3 Å². The Labute approximate surface area is 202 Å². The maximum atomic E-state index is 12.7. The third-order valence-electron chi connectivity index (χ3n) is 6.33. The van der Waals surface area contributed by atoms with Crippen LogP contribution in [0.15, 0.2) is 78.9 Å². The number of rotatable bonds is 5. The van der Waals surface area contributed by atoms with Crippen molar-refractivity contribution >= 4 is 40.6 Å². The highest BCUT2D eigenvalue weighted by Crippen LogP contribution is 2.50. The Bertz CT molecular complexity index is 1240. The summed E-state index contributed by atoms with van der Waals surface area (Å²) in [6.07, 6.45) is 5.37. The predicted molar refractivity (Wildman–Crippen MR) is 130 cm³/mol. The molecule has 0 fully saturated rings. The number of fused-ring (bicyclic) bond motifs is 3. The number of carbonyl (C=O) groups is 2. The molecule has 0 unspecified atom stereocenters. The molecule has 3 aromatic carbocycles. The molecule has 2 aliphatic rings. The van der Waals surface area contributed by atoms with Gasteiger partial charge < -0.3 is 10.1 Å². The molecule has 1 aliphatic carbocycles. The van der Waals surface area contributed by atoms with Crippen molar-refractivity contribution in [3.8, 4) is 0 Å². The van der Waals surface area contributed by atoms with E-state index in [-0.39, 0.29) is 24.3 Å². The molecular formula is C27H21Cl2NO3. The molecule has 6 heteroatoms. The smallest absolute Gasteiger partial charge is 0.338 e. The third-order valence-corrected chi connectivity index (χ3v) is 6.83. The van der Waals surface area contributed by atoms with Crippen LogP contribution in [-0.2, 0) is 4.74 Å². The number of anilines is 1. The maximum Gasteiger partial charge on any atom is 0.338 e. The average Bonchev–Trinajstić information content (AvgIpc) is 3.33. The van der Waals surface area contributed by atoms with Crippen molar-refractivity contribution in [3.05, 3.63) is 111 Å². The summed E-state index contributed by atoms with van der Waals surface area (Å²) in [5.74, 6) is -0.246. The maximum absolute atomic E-state index is 12.7. The Balaban J connectivity index is 1.33. The first-order chi connectivity index (χ1) is 16.0. The van der Waals surface area contributed by atoms with Crippen LogP contribution in [0, 0.1) is 5.92 Å². The van der Waals surface area contributed by atoms with Gasteiger partial charge in [-0.1, -0.05) is 47.5 Å². The number of nitrogens with one attached hydrogen (secondary N) is 1. The Morgan fingerprint density at radius 3 is 2.30 bits per heavy atom. The van der Waals surface area contributed by atoms with Crippen LogP contribution in [0.2, 0.25) is 10.0 Å². The molecule has 5 rings (SSSR count). The van der Waals surface area contributed by atoms with Gasteiger partial charge in [-0.25, -0.2) is 4.79 Å². The summed E-state index contributed by atoms with van der Waals surface area (Å²) < 4.78 is 5.31. The van der Waals surface area contributed by atoms with Crippen LogP contribution in [0.5, 0.6) is 0 Å². The molecule has 0 aromatic heterocycles. The zero-order chi connectivity index (χ0) is 22.9. The zero-order valence-electron chi connectivity index (χ0n) is 17.6. The van der Waals surface area contributed by atoms with Gasteiger partial charge in [-0.2, -0.15) is 0 Å². The molecule has 1 N–H and O–H groups in total. The normalized spacial score (nSPS) is 20.5. The number of benzene rings is 3. The van der Waals surface area contributed by atoms with Gasteiger partial charge in [0.15, 0.2) is 12.4 Å². The van der Waals surface area contributed by atoms with Gasteiger partial charge in [-0.05, 0) is 78.1 Å². The minimum atomic E-state index is -0.515. The van der Waals surface area contributed by atoms with Crippen molar-refractivity contribution in [2.45, 2.75) is 18.4 Å². The van der Waals surface area contributed by atoms with E-state index >= 15 is 0 Å². The lowest BCUT2D eigenvalue weighted by atomic mass is 9.76. The second-order valence-corrected chi connectivity index (χ2v) is 9.21. The molecule has 0 bridgehead atoms. The first-order valence-electron chi connectivity index (χ1n) is 10.8. The summed E-state index contributed by atoms with van der Waals surface area (Å²) >= 11 is 11.9. The summed E-state index contributed by atoms with van der Waals surface area (Å²) in [4.78, 5) is 25.0. The van der Waals surface area contributed by atoms with E-state index in [1.54, 1.807) is 30.3 Å². The van der Waals surface area contributed by atoms with E-state index in [1.165, 1.54) is 5.56 Å². The molecule has 166 valence electrons. The number of allylic oxidation sites excluding steroid dienone is 2. The van der Waals surface area contributed by atoms with Gasteiger partial charge in [0, 0.05) is 27.2 Å². The summed E-state index contributed by atoms with van der Waals surface area (Å²) in [5, 5.41) is 4.91. The van der Waals surface area contributed by atoms with Crippen molar-refractivity contribution in [3.63, 3.8) is 0 Å². The van der Waals surface area contributed by atoms with Crippen LogP contribution in [0.3, 0.4) is 0 Å². The molecular weight excluding hydrogens is 457 g/mol. The first-order valence-corrected chi connectivity index (χ1v) is 11.5. The average molecular weight is 478 g/mol. The highest BCUT2D eigenvalue weighted by Gasteiger charge is 2.38. The lowest BCUT2D eigenvalue weighted by Crippen LogP contribution is -2.29. The van der Waals surface area contributed by atoms with Crippen molar-refractivity contribution in [2.75, 3.05) is 11.9 Å². The van der Waals surface area contributed by atoms with Gasteiger partial charge in [0.1, 0.15) is 0 Å². The fraction of sp³-hybridized carbons (Fsp3) is 0.185. The van der Waals surface area contributed by atoms with Crippen molar-refractivity contribution in [2.24, 2.45) is 5.92 Å². The predicted octanol–water partition coefficient (Wildman–Crippen LogP) is 6.86. The molecule has 3 aromatic rings. The Hall–Kier alpha value is -3.08. The minimum absolute atomic E-state index is 0.157. The van der Waals surface area contributed by atoms with Gasteiger partial charge in [0.2, 0.25) is 0 Å². The number of halogens is 2. The summed E-state index contributed by atoms with van der Waals surface area (Å²) in [7, 11) is 0. The fourth-order valence-corrected chi connectivity index (χ4v) is 4.91. The molecule has 0 saturated carbocycles. The number of carbonyl (C=O) groups excluding carboxylic acids is 2. The van der Waals surface area contributed by atoms with Crippen LogP contribution in [0.25, 0.3) is 0 Å². The highest BCUT2D eigenvalue weighted by molar-refractivity contribution is 6.30. The van der Waals surface area contributed by atoms with Crippen LogP contribution >= 0.6 is 23.2 Å². The number of hydrogen-bond acceptors (Lipinski definition) is 4. The van der Waals surface area contributed by atoms with Gasteiger partial charge in [0.05, 0.1) is 11.6 Å². The van der Waals surface area contributed by atoms with E-state index in [2.05, 4.69) is 29.6 Å². The van der Waals surface area contributed by atoms with Crippen LogP contribution in [0.1, 0.15) is 50.2 Å². The minimum Gasteiger partial charge on any atom is -0.454 e. The standard InChI is InChI=1S/C27H21Cl2NO3/c28-19-9-4-16(5-10-19)25(31)15-33-27(32)18-8-13-24-23(14-18)21-2-1-3-22(21)26(30-24)17-6-11-20(29)12-7-17/h1-2,4-14,21-22,26,30H,3,15H2/t21-,22-,26-/m0/s1. The number of ether oxygens (including phenoxy) is 1. The number of esters is 1. The van der Waals surface area contributed by atoms with Gasteiger partial charge in [0.25, 0.3) is 0 Å². The largest absolute Gasteiger partial charge is 0.454 e. The second-order valence-electron chi connectivity index (χ2n) is 8.34. The van der Waals surface area contributed by atoms with Gasteiger partial charge in [-0.3, -0.25) is 4.79 Å². The van der Waals surface area contributed by atoms with E-state index in [4.69, 9.17) is 27.9 Å². The molecule has 4 nitrogen and oxygen atoms in total. The molecule has 3 atom stereocenters. The summed E-state index contributed by atoms with van der Waals surface area (Å²) in [5.41, 5.74) is 4.14. The first kappa shape index (κ1) is 21.7. The second kappa shape index (κ2) is 9.05. The lowest BCUT2D eigenvalue weighted by Gasteiger charge is -2.37. The van der Waals surface area contributed by atoms with E-state index in [9.17, 15) is 9.59 Å². The topological polar surface area (TPSA) is 55.4 Å². The van der Waals surface area contributed by atoms with Crippen LogP contribution < -0.4 is 5.32 Å². The van der Waals surface area contributed by atoms with E-state index in [0.717, 1.165) is 17.7 Å². The van der Waals surface area contributed by atoms with Crippen molar-refractivity contribution in [1.29, 1.82) is 0 Å². The number of hydrogen-bond donors (Lipinski definition) is 1. The summed E-state index contributed by atoms with van der Waals surface area (Å²) in [6, 6.07) is 20.1. The third kappa shape index (κ3) is 4.41. The van der Waals surface area contributed by atoms with E-state index in [0.29, 0.717) is 27.1 Å². The monoisotopic (exact) mass is 477 g/mol. The van der Waals surface area contributed by atoms with Crippen LogP contribution in [-0.4, -0.2) is 18.4 Å². The van der Waals surface area contributed by atoms with Gasteiger partial charge >= 0.3 is 5.97 Å². The molecule has 0 saturated heterocycles. The number of ketones is 1. The molecule has 1 heterocycles. The lowest BCUT2D eigenvalue weighted by molar-refractivity contribution is 0.0474. The molecule has 1 aliphatic heterocycles. The van der Waals surface area contributed by atoms with Crippen molar-refractivity contribution in [1.82, 2.24) is 0 Å². The molecule has 0 amide bonds. The van der Waals surface area contributed by atoms with E-state index < -0.39 is 5.97 Å². The molecule has 33 heavy (non-hydrogen) atoms. The quantitative estimate of drug-likeness (QED) is 0.247. The fourth-order valence-electron chi connectivity index (χ4n) is 4.66. The molecule has 0 spiro atoms. The van der Waals surface area contributed by atoms with Crippen molar-refractivity contribution < 1.29 is 14.3 Å². The molecule has 0 radical (unpaired) electrons. The zero-order valence-corrected chi connectivity index (χ0v) is 19.1. The highest BCUT2D eigenvalue weighted by atomic mass is 35.5. The Morgan fingerprint density at radius 2 is 1.58 bits per heavy atom. The van der Waals surface area contributed by atoms with Gasteiger partial charge in [-0.15, -0.1) is 0 Å². The SMILES string of the molecule is O=C(COC(=O)c1ccc2c(c1)[C@H]1C=CC[C@@H]1[C@H](c1ccc(Cl)cc1)N2)c1ccc(Cl)cc1.